The van der Waals surface area contributed by atoms with Crippen molar-refractivity contribution in [2.75, 3.05) is 18.6 Å². The molecule has 1 rings (SSSR count). The van der Waals surface area contributed by atoms with Gasteiger partial charge in [0.2, 0.25) is 9.47 Å². The number of nitrogens with zero attached hydrogens (tertiary/aromatic N) is 2. The number of carbonyl (C=O) groups is 1. The van der Waals surface area contributed by atoms with Crippen LogP contribution in [0.2, 0.25) is 4.47 Å². The van der Waals surface area contributed by atoms with Crippen LogP contribution in [0.4, 0.5) is 0 Å². The fraction of sp³-hybridized carbons (Fsp3) is 0.500. The minimum Gasteiger partial charge on any atom is -0.349 e. The third kappa shape index (κ3) is 3.69. The maximum absolute atomic E-state index is 11.3. The molecule has 0 aliphatic rings. The Morgan fingerprint density at radius 3 is 2.86 bits per heavy atom. The highest BCUT2D eigenvalue weighted by Gasteiger charge is 2.10. The Balaban J connectivity index is 2.39. The van der Waals surface area contributed by atoms with Crippen molar-refractivity contribution >= 4 is 39.6 Å². The lowest BCUT2D eigenvalue weighted by Gasteiger charge is -1.99. The molecule has 1 atom stereocenters. The van der Waals surface area contributed by atoms with E-state index in [0.717, 1.165) is 11.3 Å². The van der Waals surface area contributed by atoms with Crippen LogP contribution in [0, 0.1) is 0 Å². The lowest BCUT2D eigenvalue weighted by atomic mass is 10.6. The predicted octanol–water partition coefficient (Wildman–Crippen LogP) is 0.300. The van der Waals surface area contributed by atoms with Crippen molar-refractivity contribution in [3.63, 3.8) is 0 Å². The summed E-state index contributed by atoms with van der Waals surface area (Å²) in [5.74, 6) is 0.0954. The molecule has 5 nitrogen and oxygen atoms in total. The van der Waals surface area contributed by atoms with Crippen molar-refractivity contribution in [2.45, 2.75) is 0 Å². The summed E-state index contributed by atoms with van der Waals surface area (Å²) in [5, 5.41) is 9.84. The van der Waals surface area contributed by atoms with Crippen molar-refractivity contribution in [1.29, 1.82) is 0 Å². The van der Waals surface area contributed by atoms with Crippen molar-refractivity contribution in [3.8, 4) is 0 Å². The van der Waals surface area contributed by atoms with Gasteiger partial charge in [0.05, 0.1) is 0 Å². The van der Waals surface area contributed by atoms with Crippen LogP contribution in [-0.2, 0) is 10.8 Å². The highest BCUT2D eigenvalue weighted by atomic mass is 35.5. The fourth-order valence-electron chi connectivity index (χ4n) is 0.681. The molecule has 14 heavy (non-hydrogen) atoms. The van der Waals surface area contributed by atoms with Gasteiger partial charge in [0.25, 0.3) is 5.91 Å². The molecule has 1 aromatic rings. The number of amides is 1. The summed E-state index contributed by atoms with van der Waals surface area (Å²) in [4.78, 5) is 11.3. The quantitative estimate of drug-likeness (QED) is 0.838. The van der Waals surface area contributed by atoms with Crippen LogP contribution in [0.1, 0.15) is 9.80 Å². The Labute approximate surface area is 92.3 Å². The van der Waals surface area contributed by atoms with E-state index in [1.54, 1.807) is 6.26 Å². The van der Waals surface area contributed by atoms with Crippen LogP contribution >= 0.6 is 22.9 Å². The number of rotatable bonds is 4. The zero-order valence-corrected chi connectivity index (χ0v) is 9.71. The summed E-state index contributed by atoms with van der Waals surface area (Å²) in [7, 11) is -0.907. The molecular weight excluding hydrogens is 246 g/mol. The molecule has 0 aliphatic carbocycles. The Morgan fingerprint density at radius 2 is 2.36 bits per heavy atom. The van der Waals surface area contributed by atoms with Crippen molar-refractivity contribution in [3.05, 3.63) is 9.47 Å². The number of hydrogen-bond acceptors (Lipinski definition) is 5. The largest absolute Gasteiger partial charge is 0.349 e. The summed E-state index contributed by atoms with van der Waals surface area (Å²) in [6.45, 7) is 0.360. The molecule has 0 saturated heterocycles. The standard InChI is InChI=1S/C6H8ClN3O2S2/c1-14(12)3-2-8-4(11)5-9-10-6(7)13-5/h2-3H2,1H3,(H,8,11). The lowest BCUT2D eigenvalue weighted by Crippen LogP contribution is -2.27. The van der Waals surface area contributed by atoms with Gasteiger partial charge < -0.3 is 5.32 Å². The van der Waals surface area contributed by atoms with E-state index in [0.29, 0.717) is 12.3 Å². The normalized spacial score (nSPS) is 12.4. The van der Waals surface area contributed by atoms with Crippen LogP contribution in [0.15, 0.2) is 0 Å². The van der Waals surface area contributed by atoms with E-state index < -0.39 is 10.8 Å². The van der Waals surface area contributed by atoms with Gasteiger partial charge in [-0.25, -0.2) is 0 Å². The summed E-state index contributed by atoms with van der Waals surface area (Å²) in [6.07, 6.45) is 1.58. The first-order valence-corrected chi connectivity index (χ1v) is 6.59. The minimum atomic E-state index is -0.907. The molecular formula is C6H8ClN3O2S2. The molecule has 1 aromatic heterocycles. The molecule has 1 amide bonds. The van der Waals surface area contributed by atoms with Gasteiger partial charge in [0.1, 0.15) is 0 Å². The number of hydrogen-bond donors (Lipinski definition) is 1. The van der Waals surface area contributed by atoms with Crippen LogP contribution in [0.25, 0.3) is 0 Å². The number of aromatic nitrogens is 2. The van der Waals surface area contributed by atoms with E-state index in [1.165, 1.54) is 0 Å². The second-order valence-corrected chi connectivity index (χ2v) is 5.51. The van der Waals surface area contributed by atoms with E-state index in [9.17, 15) is 9.00 Å². The molecule has 0 spiro atoms. The molecule has 0 bridgehead atoms. The van der Waals surface area contributed by atoms with Gasteiger partial charge in [-0.2, -0.15) is 0 Å². The Bertz CT molecular complexity index is 355. The van der Waals surface area contributed by atoms with Crippen molar-refractivity contribution in [2.24, 2.45) is 0 Å². The van der Waals surface area contributed by atoms with E-state index in [4.69, 9.17) is 11.6 Å². The highest BCUT2D eigenvalue weighted by Crippen LogP contribution is 2.14. The van der Waals surface area contributed by atoms with Crippen LogP contribution in [-0.4, -0.2) is 38.9 Å². The first-order chi connectivity index (χ1) is 6.59. The van der Waals surface area contributed by atoms with E-state index >= 15 is 0 Å². The van der Waals surface area contributed by atoms with E-state index in [2.05, 4.69) is 15.5 Å². The second-order valence-electron chi connectivity index (χ2n) is 2.39. The summed E-state index contributed by atoms with van der Waals surface area (Å²) in [6, 6.07) is 0. The zero-order valence-electron chi connectivity index (χ0n) is 7.32. The van der Waals surface area contributed by atoms with Crippen LogP contribution < -0.4 is 5.32 Å². The first kappa shape index (κ1) is 11.5. The molecule has 8 heteroatoms. The van der Waals surface area contributed by atoms with Crippen LogP contribution in [0.3, 0.4) is 0 Å². The zero-order chi connectivity index (χ0) is 10.6. The molecule has 78 valence electrons. The van der Waals surface area contributed by atoms with Gasteiger partial charge in [0, 0.05) is 29.4 Å². The molecule has 0 radical (unpaired) electrons. The summed E-state index contributed by atoms with van der Waals surface area (Å²) < 4.78 is 10.9. The van der Waals surface area contributed by atoms with Gasteiger partial charge in [-0.3, -0.25) is 9.00 Å². The Morgan fingerprint density at radius 1 is 1.64 bits per heavy atom. The lowest BCUT2D eigenvalue weighted by molar-refractivity contribution is 0.0955. The van der Waals surface area contributed by atoms with Gasteiger partial charge in [-0.1, -0.05) is 11.3 Å². The van der Waals surface area contributed by atoms with E-state index in [-0.39, 0.29) is 15.4 Å². The molecule has 1 unspecified atom stereocenters. The summed E-state index contributed by atoms with van der Waals surface area (Å²) >= 11 is 6.52. The number of nitrogens with one attached hydrogen (secondary N) is 1. The van der Waals surface area contributed by atoms with Gasteiger partial charge in [-0.05, 0) is 11.6 Å². The van der Waals surface area contributed by atoms with Gasteiger partial charge >= 0.3 is 0 Å². The second kappa shape index (κ2) is 5.38. The average Bonchev–Trinajstić information content (AvgIpc) is 2.51. The topological polar surface area (TPSA) is 72.0 Å². The Kier molecular flexibility index (Phi) is 4.43. The van der Waals surface area contributed by atoms with Crippen molar-refractivity contribution in [1.82, 2.24) is 15.5 Å². The molecule has 0 aliphatic heterocycles. The SMILES string of the molecule is CS(=O)CCNC(=O)c1nnc(Cl)s1. The maximum Gasteiger partial charge on any atom is 0.282 e. The number of halogens is 1. The van der Waals surface area contributed by atoms with Crippen LogP contribution in [0.5, 0.6) is 0 Å². The summed E-state index contributed by atoms with van der Waals surface area (Å²) in [5.41, 5.74) is 0. The van der Waals surface area contributed by atoms with Crippen molar-refractivity contribution < 1.29 is 9.00 Å². The predicted molar refractivity (Wildman–Crippen MR) is 56.2 cm³/mol. The molecule has 0 fully saturated rings. The highest BCUT2D eigenvalue weighted by molar-refractivity contribution is 7.84. The molecule has 1 heterocycles. The smallest absolute Gasteiger partial charge is 0.282 e. The molecule has 0 aromatic carbocycles. The van der Waals surface area contributed by atoms with Gasteiger partial charge in [0.15, 0.2) is 0 Å². The Hall–Kier alpha value is -0.530. The first-order valence-electron chi connectivity index (χ1n) is 3.67. The maximum atomic E-state index is 11.3. The number of carbonyl (C=O) groups excluding carboxylic acids is 1. The molecule has 0 saturated carbocycles. The van der Waals surface area contributed by atoms with E-state index in [1.807, 2.05) is 0 Å². The average molecular weight is 254 g/mol. The monoisotopic (exact) mass is 253 g/mol. The third-order valence-corrected chi connectivity index (χ3v) is 3.07. The third-order valence-electron chi connectivity index (χ3n) is 1.27. The van der Waals surface area contributed by atoms with Gasteiger partial charge in [-0.15, -0.1) is 10.2 Å². The fourth-order valence-corrected chi connectivity index (χ4v) is 1.82. The minimum absolute atomic E-state index is 0.219. The molecule has 1 N–H and O–H groups in total.